The zero-order valence-corrected chi connectivity index (χ0v) is 11.9. The number of hydrogen-bond acceptors (Lipinski definition) is 3. The predicted octanol–water partition coefficient (Wildman–Crippen LogP) is 2.45. The van der Waals surface area contributed by atoms with Crippen molar-refractivity contribution in [2.45, 2.75) is 19.3 Å². The number of benzene rings is 1. The zero-order chi connectivity index (χ0) is 14.8. The van der Waals surface area contributed by atoms with Crippen LogP contribution in [0.4, 0.5) is 4.39 Å². The summed E-state index contributed by atoms with van der Waals surface area (Å²) in [6.07, 6.45) is 3.14. The van der Waals surface area contributed by atoms with Crippen LogP contribution in [0, 0.1) is 5.82 Å². The van der Waals surface area contributed by atoms with E-state index in [1.807, 2.05) is 6.07 Å². The van der Waals surface area contributed by atoms with E-state index in [0.717, 1.165) is 19.3 Å². The Labute approximate surface area is 125 Å². The summed E-state index contributed by atoms with van der Waals surface area (Å²) < 4.78 is 13.4. The minimum atomic E-state index is -0.675. The molecule has 0 radical (unpaired) electrons. The Morgan fingerprint density at radius 1 is 1.10 bits per heavy atom. The second-order valence-corrected chi connectivity index (χ2v) is 5.94. The van der Waals surface area contributed by atoms with Gasteiger partial charge in [0.05, 0.1) is 10.4 Å². The van der Waals surface area contributed by atoms with Crippen molar-refractivity contribution in [2.75, 3.05) is 0 Å². The highest BCUT2D eigenvalue weighted by Crippen LogP contribution is 2.30. The molecule has 21 heavy (non-hydrogen) atoms. The summed E-state index contributed by atoms with van der Waals surface area (Å²) >= 11 is 1.44. The van der Waals surface area contributed by atoms with E-state index in [9.17, 15) is 14.0 Å². The number of carbonyl (C=O) groups excluding carboxylic acids is 2. The quantitative estimate of drug-likeness (QED) is 0.837. The highest BCUT2D eigenvalue weighted by molar-refractivity contribution is 7.14. The maximum Gasteiger partial charge on any atom is 0.279 e. The molecule has 0 aliphatic heterocycles. The van der Waals surface area contributed by atoms with Gasteiger partial charge in [-0.05, 0) is 43.0 Å². The number of rotatable bonds is 2. The second kappa shape index (κ2) is 5.65. The Balaban J connectivity index is 1.63. The topological polar surface area (TPSA) is 58.2 Å². The molecular weight excluding hydrogens is 291 g/mol. The van der Waals surface area contributed by atoms with Crippen LogP contribution in [0.3, 0.4) is 0 Å². The number of hydrazine groups is 1. The van der Waals surface area contributed by atoms with Crippen molar-refractivity contribution < 1.29 is 14.0 Å². The summed E-state index contributed by atoms with van der Waals surface area (Å²) in [5, 5.41) is 0. The average Bonchev–Trinajstić information content (AvgIpc) is 3.06. The van der Waals surface area contributed by atoms with Crippen LogP contribution in [-0.4, -0.2) is 11.8 Å². The Hall–Kier alpha value is -2.21. The number of carbonyl (C=O) groups is 2. The molecule has 1 aromatic heterocycles. The standard InChI is InChI=1S/C15H13FN2O2S/c16-11-6-2-1-5-10(11)14(19)17-18-15(20)13-8-9-4-3-7-12(9)21-13/h1-2,5-6,8H,3-4,7H2,(H,17,19)(H,18,20). The van der Waals surface area contributed by atoms with Gasteiger partial charge in [-0.2, -0.15) is 0 Å². The Bertz CT molecular complexity index is 690. The summed E-state index contributed by atoms with van der Waals surface area (Å²) in [6.45, 7) is 0. The first-order valence-electron chi connectivity index (χ1n) is 6.62. The van der Waals surface area contributed by atoms with Gasteiger partial charge < -0.3 is 0 Å². The van der Waals surface area contributed by atoms with Gasteiger partial charge in [0.2, 0.25) is 0 Å². The fraction of sp³-hybridized carbons (Fsp3) is 0.200. The van der Waals surface area contributed by atoms with Crippen LogP contribution in [0.25, 0.3) is 0 Å². The first kappa shape index (κ1) is 13.8. The van der Waals surface area contributed by atoms with E-state index in [4.69, 9.17) is 0 Å². The molecule has 1 heterocycles. The molecule has 1 aromatic carbocycles. The molecule has 1 aliphatic carbocycles. The molecule has 0 saturated carbocycles. The van der Waals surface area contributed by atoms with Crippen LogP contribution in [0.1, 0.15) is 36.9 Å². The summed E-state index contributed by atoms with van der Waals surface area (Å²) in [7, 11) is 0. The lowest BCUT2D eigenvalue weighted by Gasteiger charge is -2.06. The van der Waals surface area contributed by atoms with Crippen molar-refractivity contribution in [3.05, 3.63) is 57.0 Å². The molecular formula is C15H13FN2O2S. The molecule has 2 aromatic rings. The third-order valence-electron chi connectivity index (χ3n) is 3.38. The van der Waals surface area contributed by atoms with Crippen LogP contribution < -0.4 is 10.9 Å². The number of amides is 2. The molecule has 3 rings (SSSR count). The summed E-state index contributed by atoms with van der Waals surface area (Å²) in [6, 6.07) is 7.47. The van der Waals surface area contributed by atoms with E-state index >= 15 is 0 Å². The Morgan fingerprint density at radius 2 is 1.86 bits per heavy atom. The normalized spacial score (nSPS) is 12.8. The largest absolute Gasteiger partial charge is 0.279 e. The first-order chi connectivity index (χ1) is 10.1. The van der Waals surface area contributed by atoms with Gasteiger partial charge in [0.1, 0.15) is 5.82 Å². The van der Waals surface area contributed by atoms with Gasteiger partial charge in [-0.3, -0.25) is 20.4 Å². The lowest BCUT2D eigenvalue weighted by Crippen LogP contribution is -2.41. The van der Waals surface area contributed by atoms with Crippen molar-refractivity contribution in [1.82, 2.24) is 10.9 Å². The molecule has 2 N–H and O–H groups in total. The molecule has 6 heteroatoms. The fourth-order valence-corrected chi connectivity index (χ4v) is 3.48. The average molecular weight is 304 g/mol. The second-order valence-electron chi connectivity index (χ2n) is 4.80. The molecule has 4 nitrogen and oxygen atoms in total. The van der Waals surface area contributed by atoms with Gasteiger partial charge in [-0.15, -0.1) is 11.3 Å². The van der Waals surface area contributed by atoms with Crippen molar-refractivity contribution in [3.63, 3.8) is 0 Å². The third kappa shape index (κ3) is 2.80. The lowest BCUT2D eigenvalue weighted by molar-refractivity contribution is 0.0846. The number of nitrogens with one attached hydrogen (secondary N) is 2. The van der Waals surface area contributed by atoms with E-state index in [1.54, 1.807) is 6.07 Å². The van der Waals surface area contributed by atoms with Crippen molar-refractivity contribution in [2.24, 2.45) is 0 Å². The highest BCUT2D eigenvalue weighted by Gasteiger charge is 2.19. The molecule has 108 valence electrons. The molecule has 2 amide bonds. The SMILES string of the molecule is O=C(NNC(=O)c1ccccc1F)c1cc2c(s1)CCC2. The van der Waals surface area contributed by atoms with Crippen molar-refractivity contribution >= 4 is 23.2 Å². The van der Waals surface area contributed by atoms with Gasteiger partial charge in [-0.25, -0.2) is 4.39 Å². The molecule has 0 bridgehead atoms. The number of hydrogen-bond donors (Lipinski definition) is 2. The number of aryl methyl sites for hydroxylation is 2. The van der Waals surface area contributed by atoms with Gasteiger partial charge in [-0.1, -0.05) is 12.1 Å². The van der Waals surface area contributed by atoms with E-state index in [-0.39, 0.29) is 11.5 Å². The van der Waals surface area contributed by atoms with E-state index in [1.165, 1.54) is 40.0 Å². The van der Waals surface area contributed by atoms with Crippen molar-refractivity contribution in [1.29, 1.82) is 0 Å². The lowest BCUT2D eigenvalue weighted by atomic mass is 10.2. The van der Waals surface area contributed by atoms with E-state index < -0.39 is 11.7 Å². The molecule has 0 atom stereocenters. The van der Waals surface area contributed by atoms with Gasteiger partial charge in [0.25, 0.3) is 11.8 Å². The van der Waals surface area contributed by atoms with Crippen LogP contribution in [0.5, 0.6) is 0 Å². The van der Waals surface area contributed by atoms with Gasteiger partial charge in [0, 0.05) is 4.88 Å². The first-order valence-corrected chi connectivity index (χ1v) is 7.43. The zero-order valence-electron chi connectivity index (χ0n) is 11.1. The maximum absolute atomic E-state index is 13.4. The van der Waals surface area contributed by atoms with Gasteiger partial charge >= 0.3 is 0 Å². The van der Waals surface area contributed by atoms with Crippen LogP contribution in [0.2, 0.25) is 0 Å². The molecule has 0 fully saturated rings. The van der Waals surface area contributed by atoms with Crippen LogP contribution >= 0.6 is 11.3 Å². The molecule has 1 aliphatic rings. The maximum atomic E-state index is 13.4. The number of fused-ring (bicyclic) bond motifs is 1. The minimum absolute atomic E-state index is 0.105. The number of halogens is 1. The highest BCUT2D eigenvalue weighted by atomic mass is 32.1. The van der Waals surface area contributed by atoms with Crippen LogP contribution in [0.15, 0.2) is 30.3 Å². The smallest absolute Gasteiger partial charge is 0.267 e. The summed E-state index contributed by atoms with van der Waals surface area (Å²) in [4.78, 5) is 25.5. The number of thiophene rings is 1. The fourth-order valence-electron chi connectivity index (χ4n) is 2.33. The third-order valence-corrected chi connectivity index (χ3v) is 4.61. The van der Waals surface area contributed by atoms with Gasteiger partial charge in [0.15, 0.2) is 0 Å². The molecule has 0 unspecified atom stereocenters. The predicted molar refractivity (Wildman–Crippen MR) is 77.7 cm³/mol. The Kier molecular flexibility index (Phi) is 3.70. The monoisotopic (exact) mass is 304 g/mol. The van der Waals surface area contributed by atoms with Crippen molar-refractivity contribution in [3.8, 4) is 0 Å². The van der Waals surface area contributed by atoms with E-state index in [2.05, 4.69) is 10.9 Å². The minimum Gasteiger partial charge on any atom is -0.267 e. The summed E-state index contributed by atoms with van der Waals surface area (Å²) in [5.74, 6) is -1.68. The summed E-state index contributed by atoms with van der Waals surface area (Å²) in [5.41, 5.74) is 5.66. The molecule has 0 spiro atoms. The van der Waals surface area contributed by atoms with E-state index in [0.29, 0.717) is 4.88 Å². The molecule has 0 saturated heterocycles. The Morgan fingerprint density at radius 3 is 2.62 bits per heavy atom. The van der Waals surface area contributed by atoms with Crippen LogP contribution in [-0.2, 0) is 12.8 Å².